The van der Waals surface area contributed by atoms with E-state index in [9.17, 15) is 9.59 Å². The standard InChI is InChI=1S/C18H26N2O3/c1-13(2)17(18(22)20-10-4-5-11-20)19-16(21)12-14-6-8-15(23-3)9-7-14/h6-9,13,17H,4-5,10-12H2,1-3H3,(H,19,21)/t17-/m0/s1. The molecule has 0 radical (unpaired) electrons. The van der Waals surface area contributed by atoms with E-state index in [0.717, 1.165) is 37.2 Å². The van der Waals surface area contributed by atoms with Crippen LogP contribution in [-0.2, 0) is 16.0 Å². The summed E-state index contributed by atoms with van der Waals surface area (Å²) in [5.41, 5.74) is 0.902. The van der Waals surface area contributed by atoms with Crippen LogP contribution >= 0.6 is 0 Å². The summed E-state index contributed by atoms with van der Waals surface area (Å²) in [6.45, 7) is 5.53. The summed E-state index contributed by atoms with van der Waals surface area (Å²) >= 11 is 0. The SMILES string of the molecule is COc1ccc(CC(=O)N[C@H](C(=O)N2CCCC2)C(C)C)cc1. The Morgan fingerprint density at radius 2 is 1.78 bits per heavy atom. The Morgan fingerprint density at radius 1 is 1.17 bits per heavy atom. The number of methoxy groups -OCH3 is 1. The molecular formula is C18H26N2O3. The molecule has 0 spiro atoms. The summed E-state index contributed by atoms with van der Waals surface area (Å²) in [5.74, 6) is 0.753. The van der Waals surface area contributed by atoms with Crippen LogP contribution in [0.5, 0.6) is 5.75 Å². The normalized spacial score (nSPS) is 15.6. The smallest absolute Gasteiger partial charge is 0.245 e. The summed E-state index contributed by atoms with van der Waals surface area (Å²) in [6.07, 6.45) is 2.37. The Bertz CT molecular complexity index is 534. The highest BCUT2D eigenvalue weighted by Crippen LogP contribution is 2.14. The van der Waals surface area contributed by atoms with Gasteiger partial charge in [-0.1, -0.05) is 26.0 Å². The van der Waals surface area contributed by atoms with Crippen LogP contribution in [0.4, 0.5) is 0 Å². The molecule has 1 aliphatic rings. The molecule has 2 amide bonds. The van der Waals surface area contributed by atoms with E-state index in [1.54, 1.807) is 7.11 Å². The number of hydrogen-bond donors (Lipinski definition) is 1. The number of ether oxygens (including phenoxy) is 1. The fourth-order valence-corrected chi connectivity index (χ4v) is 2.80. The van der Waals surface area contributed by atoms with Crippen molar-refractivity contribution >= 4 is 11.8 Å². The van der Waals surface area contributed by atoms with Crippen LogP contribution in [0.3, 0.4) is 0 Å². The molecule has 0 aliphatic carbocycles. The summed E-state index contributed by atoms with van der Waals surface area (Å²) in [4.78, 5) is 26.7. The highest BCUT2D eigenvalue weighted by molar-refractivity contribution is 5.88. The molecule has 1 N–H and O–H groups in total. The molecule has 126 valence electrons. The van der Waals surface area contributed by atoms with Crippen LogP contribution in [0.15, 0.2) is 24.3 Å². The average molecular weight is 318 g/mol. The molecular weight excluding hydrogens is 292 g/mol. The van der Waals surface area contributed by atoms with Crippen molar-refractivity contribution in [1.29, 1.82) is 0 Å². The lowest BCUT2D eigenvalue weighted by atomic mass is 10.0. The molecule has 1 fully saturated rings. The van der Waals surface area contributed by atoms with Gasteiger partial charge in [0.2, 0.25) is 11.8 Å². The fraction of sp³-hybridized carbons (Fsp3) is 0.556. The molecule has 1 atom stereocenters. The molecule has 1 aromatic rings. The number of rotatable bonds is 6. The van der Waals surface area contributed by atoms with E-state index in [2.05, 4.69) is 5.32 Å². The Morgan fingerprint density at radius 3 is 2.30 bits per heavy atom. The summed E-state index contributed by atoms with van der Waals surface area (Å²) in [6, 6.07) is 6.95. The van der Waals surface area contributed by atoms with E-state index in [4.69, 9.17) is 4.74 Å². The quantitative estimate of drug-likeness (QED) is 0.873. The largest absolute Gasteiger partial charge is 0.497 e. The van der Waals surface area contributed by atoms with Crippen LogP contribution < -0.4 is 10.1 Å². The molecule has 1 heterocycles. The molecule has 0 saturated carbocycles. The van der Waals surface area contributed by atoms with Gasteiger partial charge in [-0.05, 0) is 36.5 Å². The van der Waals surface area contributed by atoms with E-state index in [0.29, 0.717) is 0 Å². The van der Waals surface area contributed by atoms with Gasteiger partial charge in [0.05, 0.1) is 13.5 Å². The van der Waals surface area contributed by atoms with Gasteiger partial charge in [-0.2, -0.15) is 0 Å². The number of amides is 2. The van der Waals surface area contributed by atoms with Crippen molar-refractivity contribution in [1.82, 2.24) is 10.2 Å². The molecule has 1 saturated heterocycles. The maximum absolute atomic E-state index is 12.6. The van der Waals surface area contributed by atoms with Gasteiger partial charge in [-0.15, -0.1) is 0 Å². The van der Waals surface area contributed by atoms with Crippen molar-refractivity contribution in [2.45, 2.75) is 39.2 Å². The van der Waals surface area contributed by atoms with Gasteiger partial charge in [0, 0.05) is 13.1 Å². The third-order valence-corrected chi connectivity index (χ3v) is 4.19. The summed E-state index contributed by atoms with van der Waals surface area (Å²) in [7, 11) is 1.61. The number of carbonyl (C=O) groups excluding carboxylic acids is 2. The van der Waals surface area contributed by atoms with Crippen LogP contribution in [0, 0.1) is 5.92 Å². The summed E-state index contributed by atoms with van der Waals surface area (Å²) in [5, 5.41) is 2.91. The number of likely N-dealkylation sites (tertiary alicyclic amines) is 1. The number of hydrogen-bond acceptors (Lipinski definition) is 3. The molecule has 0 aromatic heterocycles. The Kier molecular flexibility index (Phi) is 6.02. The lowest BCUT2D eigenvalue weighted by Crippen LogP contribution is -2.50. The first-order valence-electron chi connectivity index (χ1n) is 8.22. The van der Waals surface area contributed by atoms with Crippen molar-refractivity contribution in [2.75, 3.05) is 20.2 Å². The topological polar surface area (TPSA) is 58.6 Å². The minimum absolute atomic E-state index is 0.0422. The molecule has 5 heteroatoms. The maximum Gasteiger partial charge on any atom is 0.245 e. The van der Waals surface area contributed by atoms with Gasteiger partial charge in [0.15, 0.2) is 0 Å². The predicted octanol–water partition coefficient (Wildman–Crippen LogP) is 2.00. The van der Waals surface area contributed by atoms with Crippen LogP contribution in [0.1, 0.15) is 32.3 Å². The van der Waals surface area contributed by atoms with Gasteiger partial charge in [-0.3, -0.25) is 9.59 Å². The van der Waals surface area contributed by atoms with E-state index in [1.165, 1.54) is 0 Å². The fourth-order valence-electron chi connectivity index (χ4n) is 2.80. The molecule has 0 bridgehead atoms. The zero-order valence-electron chi connectivity index (χ0n) is 14.2. The second kappa shape index (κ2) is 7.99. The van der Waals surface area contributed by atoms with Crippen LogP contribution in [-0.4, -0.2) is 43.0 Å². The molecule has 1 aliphatic heterocycles. The first kappa shape index (κ1) is 17.3. The van der Waals surface area contributed by atoms with Crippen LogP contribution in [0.2, 0.25) is 0 Å². The second-order valence-corrected chi connectivity index (χ2v) is 6.35. The predicted molar refractivity (Wildman–Crippen MR) is 89.3 cm³/mol. The van der Waals surface area contributed by atoms with Crippen molar-refractivity contribution in [3.05, 3.63) is 29.8 Å². The minimum Gasteiger partial charge on any atom is -0.497 e. The summed E-state index contributed by atoms with van der Waals surface area (Å²) < 4.78 is 5.11. The van der Waals surface area contributed by atoms with E-state index < -0.39 is 6.04 Å². The molecule has 1 aromatic carbocycles. The number of carbonyl (C=O) groups is 2. The first-order chi connectivity index (χ1) is 11.0. The van der Waals surface area contributed by atoms with E-state index in [-0.39, 0.29) is 24.2 Å². The zero-order valence-corrected chi connectivity index (χ0v) is 14.2. The molecule has 0 unspecified atom stereocenters. The maximum atomic E-state index is 12.6. The van der Waals surface area contributed by atoms with Gasteiger partial charge in [0.1, 0.15) is 11.8 Å². The zero-order chi connectivity index (χ0) is 16.8. The monoisotopic (exact) mass is 318 g/mol. The first-order valence-corrected chi connectivity index (χ1v) is 8.22. The third-order valence-electron chi connectivity index (χ3n) is 4.19. The van der Waals surface area contributed by atoms with Crippen molar-refractivity contribution in [2.24, 2.45) is 5.92 Å². The molecule has 2 rings (SSSR count). The number of nitrogens with one attached hydrogen (secondary N) is 1. The minimum atomic E-state index is -0.446. The van der Waals surface area contributed by atoms with Gasteiger partial charge in [-0.25, -0.2) is 0 Å². The van der Waals surface area contributed by atoms with E-state index >= 15 is 0 Å². The number of benzene rings is 1. The highest BCUT2D eigenvalue weighted by atomic mass is 16.5. The lowest BCUT2D eigenvalue weighted by molar-refractivity contribution is -0.136. The Labute approximate surface area is 138 Å². The average Bonchev–Trinajstić information content (AvgIpc) is 3.07. The Balaban J connectivity index is 1.95. The van der Waals surface area contributed by atoms with Gasteiger partial charge in [0.25, 0.3) is 0 Å². The van der Waals surface area contributed by atoms with Crippen molar-refractivity contribution in [3.8, 4) is 5.75 Å². The van der Waals surface area contributed by atoms with Crippen molar-refractivity contribution < 1.29 is 14.3 Å². The molecule has 5 nitrogen and oxygen atoms in total. The Hall–Kier alpha value is -2.04. The van der Waals surface area contributed by atoms with Crippen molar-refractivity contribution in [3.63, 3.8) is 0 Å². The van der Waals surface area contributed by atoms with Crippen LogP contribution in [0.25, 0.3) is 0 Å². The van der Waals surface area contributed by atoms with E-state index in [1.807, 2.05) is 43.0 Å². The third kappa shape index (κ3) is 4.71. The van der Waals surface area contributed by atoms with Gasteiger partial charge < -0.3 is 15.0 Å². The van der Waals surface area contributed by atoms with Gasteiger partial charge >= 0.3 is 0 Å². The second-order valence-electron chi connectivity index (χ2n) is 6.35. The highest BCUT2D eigenvalue weighted by Gasteiger charge is 2.29. The molecule has 23 heavy (non-hydrogen) atoms. The number of nitrogens with zero attached hydrogens (tertiary/aromatic N) is 1. The lowest BCUT2D eigenvalue weighted by Gasteiger charge is -2.26.